The summed E-state index contributed by atoms with van der Waals surface area (Å²) in [4.78, 5) is 0. The Labute approximate surface area is 63.4 Å². The Morgan fingerprint density at radius 2 is 1.90 bits per heavy atom. The maximum Gasteiger partial charge on any atom is 0.0547 e. The second kappa shape index (κ2) is 2.54. The molecule has 1 nitrogen and oxygen atoms in total. The molecule has 0 aromatic carbocycles. The van der Waals surface area contributed by atoms with E-state index in [1.165, 1.54) is 6.42 Å². The van der Waals surface area contributed by atoms with Gasteiger partial charge >= 0.3 is 0 Å². The SMILES string of the molecule is C[C@@H]1C[C@H](O)CC(C)(C)C1. The van der Waals surface area contributed by atoms with Crippen molar-refractivity contribution in [2.75, 3.05) is 0 Å². The van der Waals surface area contributed by atoms with Gasteiger partial charge in [-0.05, 0) is 30.6 Å². The van der Waals surface area contributed by atoms with E-state index in [1.54, 1.807) is 0 Å². The van der Waals surface area contributed by atoms with Crippen molar-refractivity contribution in [1.82, 2.24) is 0 Å². The van der Waals surface area contributed by atoms with Crippen LogP contribution in [0.1, 0.15) is 40.0 Å². The molecule has 1 aliphatic carbocycles. The van der Waals surface area contributed by atoms with Gasteiger partial charge < -0.3 is 5.11 Å². The molecule has 0 aliphatic heterocycles. The van der Waals surface area contributed by atoms with Crippen LogP contribution in [0, 0.1) is 11.3 Å². The van der Waals surface area contributed by atoms with Crippen molar-refractivity contribution in [3.8, 4) is 0 Å². The molecule has 0 aromatic rings. The van der Waals surface area contributed by atoms with Crippen molar-refractivity contribution in [1.29, 1.82) is 0 Å². The van der Waals surface area contributed by atoms with Crippen LogP contribution in [0.15, 0.2) is 0 Å². The zero-order chi connectivity index (χ0) is 7.78. The summed E-state index contributed by atoms with van der Waals surface area (Å²) in [5.41, 5.74) is 0.372. The Bertz CT molecular complexity index is 106. The largest absolute Gasteiger partial charge is 0.393 e. The highest BCUT2D eigenvalue weighted by Gasteiger charge is 2.30. The van der Waals surface area contributed by atoms with E-state index < -0.39 is 0 Å². The summed E-state index contributed by atoms with van der Waals surface area (Å²) in [6.45, 7) is 6.71. The molecule has 0 spiro atoms. The summed E-state index contributed by atoms with van der Waals surface area (Å²) < 4.78 is 0. The third-order valence-corrected chi connectivity index (χ3v) is 2.36. The number of aliphatic hydroxyl groups is 1. The normalized spacial score (nSPS) is 39.6. The summed E-state index contributed by atoms with van der Waals surface area (Å²) in [5, 5.41) is 9.42. The number of rotatable bonds is 0. The molecule has 1 heteroatoms. The maximum atomic E-state index is 9.42. The van der Waals surface area contributed by atoms with Crippen LogP contribution in [0.3, 0.4) is 0 Å². The van der Waals surface area contributed by atoms with Crippen molar-refractivity contribution < 1.29 is 5.11 Å². The summed E-state index contributed by atoms with van der Waals surface area (Å²) in [6.07, 6.45) is 3.21. The van der Waals surface area contributed by atoms with Crippen LogP contribution in [0.2, 0.25) is 0 Å². The standard InChI is InChI=1S/C9H18O/c1-7-4-8(10)6-9(2,3)5-7/h7-8,10H,4-6H2,1-3H3/t7-,8+/m1/s1. The van der Waals surface area contributed by atoms with Gasteiger partial charge in [0.15, 0.2) is 0 Å². The van der Waals surface area contributed by atoms with Crippen molar-refractivity contribution in [3.05, 3.63) is 0 Å². The summed E-state index contributed by atoms with van der Waals surface area (Å²) in [7, 11) is 0. The fraction of sp³-hybridized carbons (Fsp3) is 1.00. The van der Waals surface area contributed by atoms with Gasteiger partial charge in [0, 0.05) is 0 Å². The summed E-state index contributed by atoms with van der Waals surface area (Å²) in [6, 6.07) is 0. The van der Waals surface area contributed by atoms with Crippen molar-refractivity contribution in [3.63, 3.8) is 0 Å². The molecule has 0 saturated heterocycles. The fourth-order valence-corrected chi connectivity index (χ4v) is 2.30. The first-order valence-corrected chi connectivity index (χ1v) is 4.18. The zero-order valence-electron chi connectivity index (χ0n) is 7.22. The molecule has 1 fully saturated rings. The van der Waals surface area contributed by atoms with Gasteiger partial charge in [-0.2, -0.15) is 0 Å². The van der Waals surface area contributed by atoms with Gasteiger partial charge in [-0.15, -0.1) is 0 Å². The fourth-order valence-electron chi connectivity index (χ4n) is 2.30. The van der Waals surface area contributed by atoms with Crippen molar-refractivity contribution in [2.24, 2.45) is 11.3 Å². The first kappa shape index (κ1) is 8.06. The highest BCUT2D eigenvalue weighted by Crippen LogP contribution is 2.38. The minimum Gasteiger partial charge on any atom is -0.393 e. The lowest BCUT2D eigenvalue weighted by Crippen LogP contribution is -2.30. The van der Waals surface area contributed by atoms with Gasteiger partial charge in [0.2, 0.25) is 0 Å². The molecular weight excluding hydrogens is 124 g/mol. The molecule has 2 atom stereocenters. The smallest absolute Gasteiger partial charge is 0.0547 e. The maximum absolute atomic E-state index is 9.42. The first-order valence-electron chi connectivity index (χ1n) is 4.18. The molecule has 0 radical (unpaired) electrons. The van der Waals surface area contributed by atoms with E-state index >= 15 is 0 Å². The molecular formula is C9H18O. The van der Waals surface area contributed by atoms with Crippen LogP contribution >= 0.6 is 0 Å². The van der Waals surface area contributed by atoms with E-state index in [1.807, 2.05) is 0 Å². The van der Waals surface area contributed by atoms with Crippen molar-refractivity contribution in [2.45, 2.75) is 46.1 Å². The number of aliphatic hydroxyl groups excluding tert-OH is 1. The first-order chi connectivity index (χ1) is 4.49. The van der Waals surface area contributed by atoms with Gasteiger partial charge in [0.25, 0.3) is 0 Å². The van der Waals surface area contributed by atoms with E-state index in [9.17, 15) is 5.11 Å². The second-order valence-electron chi connectivity index (χ2n) is 4.57. The predicted molar refractivity (Wildman–Crippen MR) is 42.8 cm³/mol. The number of hydrogen-bond acceptors (Lipinski definition) is 1. The van der Waals surface area contributed by atoms with Crippen LogP contribution in [0.4, 0.5) is 0 Å². The lowest BCUT2D eigenvalue weighted by molar-refractivity contribution is 0.0394. The molecule has 1 saturated carbocycles. The highest BCUT2D eigenvalue weighted by atomic mass is 16.3. The van der Waals surface area contributed by atoms with Crippen LogP contribution in [-0.2, 0) is 0 Å². The Morgan fingerprint density at radius 1 is 1.30 bits per heavy atom. The monoisotopic (exact) mass is 142 g/mol. The van der Waals surface area contributed by atoms with Gasteiger partial charge in [-0.25, -0.2) is 0 Å². The lowest BCUT2D eigenvalue weighted by atomic mass is 9.72. The molecule has 0 bridgehead atoms. The van der Waals surface area contributed by atoms with E-state index in [2.05, 4.69) is 20.8 Å². The van der Waals surface area contributed by atoms with Crippen LogP contribution in [-0.4, -0.2) is 11.2 Å². The predicted octanol–water partition coefficient (Wildman–Crippen LogP) is 2.19. The van der Waals surface area contributed by atoms with Crippen LogP contribution < -0.4 is 0 Å². The minimum atomic E-state index is -0.0428. The highest BCUT2D eigenvalue weighted by molar-refractivity contribution is 4.82. The zero-order valence-corrected chi connectivity index (χ0v) is 7.22. The van der Waals surface area contributed by atoms with Gasteiger partial charge in [-0.1, -0.05) is 20.8 Å². The molecule has 1 N–H and O–H groups in total. The van der Waals surface area contributed by atoms with Crippen LogP contribution in [0.25, 0.3) is 0 Å². The molecule has 0 unspecified atom stereocenters. The topological polar surface area (TPSA) is 20.2 Å². The molecule has 0 heterocycles. The summed E-state index contributed by atoms with van der Waals surface area (Å²) in [5.74, 6) is 0.707. The van der Waals surface area contributed by atoms with E-state index in [0.717, 1.165) is 12.8 Å². The Morgan fingerprint density at radius 3 is 2.30 bits per heavy atom. The third kappa shape index (κ3) is 1.98. The Hall–Kier alpha value is -0.0400. The lowest BCUT2D eigenvalue weighted by Gasteiger charge is -2.36. The molecule has 10 heavy (non-hydrogen) atoms. The van der Waals surface area contributed by atoms with Gasteiger partial charge in [-0.3, -0.25) is 0 Å². The number of hydrogen-bond donors (Lipinski definition) is 1. The quantitative estimate of drug-likeness (QED) is 0.549. The molecule has 1 aliphatic rings. The Balaban J connectivity index is 2.51. The molecule has 0 aromatic heterocycles. The van der Waals surface area contributed by atoms with E-state index in [4.69, 9.17) is 0 Å². The average Bonchev–Trinajstić information content (AvgIpc) is 1.54. The molecule has 0 amide bonds. The van der Waals surface area contributed by atoms with Crippen LogP contribution in [0.5, 0.6) is 0 Å². The minimum absolute atomic E-state index is 0.0428. The van der Waals surface area contributed by atoms with Crippen molar-refractivity contribution >= 4 is 0 Å². The third-order valence-electron chi connectivity index (χ3n) is 2.36. The van der Waals surface area contributed by atoms with E-state index in [-0.39, 0.29) is 6.10 Å². The summed E-state index contributed by atoms with van der Waals surface area (Å²) >= 11 is 0. The average molecular weight is 142 g/mol. The molecule has 1 rings (SSSR count). The molecule has 60 valence electrons. The van der Waals surface area contributed by atoms with Gasteiger partial charge in [0.05, 0.1) is 6.10 Å². The van der Waals surface area contributed by atoms with Gasteiger partial charge in [0.1, 0.15) is 0 Å². The second-order valence-corrected chi connectivity index (χ2v) is 4.57. The Kier molecular flexibility index (Phi) is 2.04. The van der Waals surface area contributed by atoms with E-state index in [0.29, 0.717) is 11.3 Å².